The van der Waals surface area contributed by atoms with Crippen LogP contribution in [-0.4, -0.2) is 6.04 Å². The molecular weight excluding hydrogens is 261 g/mol. The van der Waals surface area contributed by atoms with Crippen LogP contribution in [-0.2, 0) is 0 Å². The monoisotopic (exact) mass is 281 g/mol. The Morgan fingerprint density at radius 3 is 2.42 bits per heavy atom. The van der Waals surface area contributed by atoms with Crippen molar-refractivity contribution in [3.05, 3.63) is 29.0 Å². The van der Waals surface area contributed by atoms with Gasteiger partial charge in [-0.15, -0.1) is 0 Å². The molecule has 0 unspecified atom stereocenters. The first-order valence-electron chi connectivity index (χ1n) is 7.39. The Hall–Kier alpha value is -0.760. The maximum atomic E-state index is 13.1. The average Bonchev–Trinajstić information content (AvgIpc) is 2.86. The van der Waals surface area contributed by atoms with Crippen molar-refractivity contribution in [2.45, 2.75) is 57.4 Å². The number of benzene rings is 1. The topological polar surface area (TPSA) is 12.0 Å². The lowest BCUT2D eigenvalue weighted by molar-refractivity contribution is 0.188. The lowest BCUT2D eigenvalue weighted by Gasteiger charge is -2.37. The fourth-order valence-corrected chi connectivity index (χ4v) is 4.00. The smallest absolute Gasteiger partial charge is 0.141 e. The second-order valence-corrected chi connectivity index (χ2v) is 6.66. The van der Waals surface area contributed by atoms with Gasteiger partial charge in [-0.3, -0.25) is 0 Å². The number of hydrogen-bond donors (Lipinski definition) is 1. The molecule has 0 saturated heterocycles. The maximum Gasteiger partial charge on any atom is 0.141 e. The van der Waals surface area contributed by atoms with Gasteiger partial charge in [0.15, 0.2) is 0 Å². The third-order valence-electron chi connectivity index (χ3n) is 5.00. The Kier molecular flexibility index (Phi) is 3.70. The van der Waals surface area contributed by atoms with Gasteiger partial charge < -0.3 is 5.32 Å². The number of hydrogen-bond acceptors (Lipinski definition) is 1. The van der Waals surface area contributed by atoms with E-state index in [1.54, 1.807) is 12.1 Å². The molecule has 2 aliphatic carbocycles. The average molecular weight is 282 g/mol. The molecule has 1 N–H and O–H groups in total. The van der Waals surface area contributed by atoms with Gasteiger partial charge in [0, 0.05) is 11.7 Å². The maximum absolute atomic E-state index is 13.1. The van der Waals surface area contributed by atoms with E-state index in [1.807, 2.05) is 0 Å². The van der Waals surface area contributed by atoms with Crippen LogP contribution in [0, 0.1) is 11.2 Å². The van der Waals surface area contributed by atoms with Crippen LogP contribution < -0.4 is 5.32 Å². The summed E-state index contributed by atoms with van der Waals surface area (Å²) in [7, 11) is 0. The van der Waals surface area contributed by atoms with E-state index in [-0.39, 0.29) is 10.8 Å². The van der Waals surface area contributed by atoms with E-state index in [4.69, 9.17) is 11.6 Å². The molecule has 2 fully saturated rings. The number of nitrogens with one attached hydrogen (secondary N) is 1. The van der Waals surface area contributed by atoms with E-state index >= 15 is 0 Å². The number of rotatable bonds is 2. The standard InChI is InChI=1S/C16H21ClFN/c17-14-11-13(3-4-15(14)18)19-12-5-9-16(10-6-12)7-1-2-8-16/h3-4,11-12,19H,1-2,5-10H2. The molecule has 104 valence electrons. The summed E-state index contributed by atoms with van der Waals surface area (Å²) >= 11 is 5.81. The van der Waals surface area contributed by atoms with Crippen molar-refractivity contribution >= 4 is 17.3 Å². The van der Waals surface area contributed by atoms with Crippen LogP contribution in [0.25, 0.3) is 0 Å². The zero-order chi connectivity index (χ0) is 13.3. The molecule has 2 saturated carbocycles. The van der Waals surface area contributed by atoms with Gasteiger partial charge in [0.1, 0.15) is 5.82 Å². The van der Waals surface area contributed by atoms with Gasteiger partial charge in [0.25, 0.3) is 0 Å². The van der Waals surface area contributed by atoms with Crippen LogP contribution in [0.3, 0.4) is 0 Å². The van der Waals surface area contributed by atoms with E-state index in [0.29, 0.717) is 11.5 Å². The summed E-state index contributed by atoms with van der Waals surface area (Å²) < 4.78 is 13.1. The minimum Gasteiger partial charge on any atom is -0.382 e. The second kappa shape index (κ2) is 5.32. The van der Waals surface area contributed by atoms with E-state index in [0.717, 1.165) is 5.69 Å². The minimum atomic E-state index is -0.347. The fourth-order valence-electron chi connectivity index (χ4n) is 3.82. The summed E-state index contributed by atoms with van der Waals surface area (Å²) in [6.45, 7) is 0. The highest BCUT2D eigenvalue weighted by atomic mass is 35.5. The van der Waals surface area contributed by atoms with Crippen molar-refractivity contribution in [1.29, 1.82) is 0 Å². The van der Waals surface area contributed by atoms with Crippen LogP contribution in [0.1, 0.15) is 51.4 Å². The van der Waals surface area contributed by atoms with Crippen LogP contribution >= 0.6 is 11.6 Å². The minimum absolute atomic E-state index is 0.202. The third kappa shape index (κ3) is 2.89. The SMILES string of the molecule is Fc1ccc(NC2CCC3(CCCC3)CC2)cc1Cl. The quantitative estimate of drug-likeness (QED) is 0.766. The summed E-state index contributed by atoms with van der Waals surface area (Å²) in [5.74, 6) is -0.347. The van der Waals surface area contributed by atoms with Gasteiger partial charge in [-0.1, -0.05) is 24.4 Å². The summed E-state index contributed by atoms with van der Waals surface area (Å²) in [5, 5.41) is 3.71. The first kappa shape index (κ1) is 13.2. The van der Waals surface area contributed by atoms with E-state index in [9.17, 15) is 4.39 Å². The summed E-state index contributed by atoms with van der Waals surface area (Å²) in [6.07, 6.45) is 10.9. The Morgan fingerprint density at radius 2 is 1.79 bits per heavy atom. The molecule has 3 rings (SSSR count). The largest absolute Gasteiger partial charge is 0.382 e. The molecule has 0 atom stereocenters. The van der Waals surface area contributed by atoms with Crippen LogP contribution in [0.5, 0.6) is 0 Å². The third-order valence-corrected chi connectivity index (χ3v) is 5.29. The second-order valence-electron chi connectivity index (χ2n) is 6.25. The predicted octanol–water partition coefficient (Wildman–Crippen LogP) is 5.39. The highest BCUT2D eigenvalue weighted by Crippen LogP contribution is 2.49. The van der Waals surface area contributed by atoms with Gasteiger partial charge in [-0.25, -0.2) is 4.39 Å². The summed E-state index contributed by atoms with van der Waals surface area (Å²) in [6, 6.07) is 5.43. The predicted molar refractivity (Wildman–Crippen MR) is 78.2 cm³/mol. The van der Waals surface area contributed by atoms with Crippen LogP contribution in [0.2, 0.25) is 5.02 Å². The Bertz CT molecular complexity index is 444. The van der Waals surface area contributed by atoms with Crippen molar-refractivity contribution in [3.8, 4) is 0 Å². The Morgan fingerprint density at radius 1 is 1.11 bits per heavy atom. The lowest BCUT2D eigenvalue weighted by atomic mass is 9.71. The van der Waals surface area contributed by atoms with Gasteiger partial charge in [-0.05, 0) is 62.1 Å². The molecule has 0 bridgehead atoms. The molecule has 1 aromatic rings. The van der Waals surface area contributed by atoms with Crippen molar-refractivity contribution in [2.24, 2.45) is 5.41 Å². The van der Waals surface area contributed by atoms with Gasteiger partial charge in [-0.2, -0.15) is 0 Å². The number of halogens is 2. The molecule has 1 aromatic carbocycles. The summed E-state index contributed by atoms with van der Waals surface area (Å²) in [4.78, 5) is 0. The van der Waals surface area contributed by atoms with E-state index < -0.39 is 0 Å². The molecule has 0 amide bonds. The molecule has 19 heavy (non-hydrogen) atoms. The summed E-state index contributed by atoms with van der Waals surface area (Å²) in [5.41, 5.74) is 1.61. The molecule has 2 aliphatic rings. The molecule has 0 radical (unpaired) electrons. The van der Waals surface area contributed by atoms with E-state index in [1.165, 1.54) is 57.4 Å². The van der Waals surface area contributed by atoms with Crippen molar-refractivity contribution in [3.63, 3.8) is 0 Å². The zero-order valence-corrected chi connectivity index (χ0v) is 12.0. The van der Waals surface area contributed by atoms with Crippen LogP contribution in [0.15, 0.2) is 18.2 Å². The fraction of sp³-hybridized carbons (Fsp3) is 0.625. The van der Waals surface area contributed by atoms with E-state index in [2.05, 4.69) is 5.32 Å². The van der Waals surface area contributed by atoms with Gasteiger partial charge in [0.2, 0.25) is 0 Å². The zero-order valence-electron chi connectivity index (χ0n) is 11.2. The molecule has 0 aromatic heterocycles. The van der Waals surface area contributed by atoms with Gasteiger partial charge >= 0.3 is 0 Å². The normalized spacial score (nSPS) is 22.8. The number of anilines is 1. The molecule has 1 nitrogen and oxygen atoms in total. The van der Waals surface area contributed by atoms with Crippen molar-refractivity contribution < 1.29 is 4.39 Å². The Balaban J connectivity index is 1.58. The van der Waals surface area contributed by atoms with Gasteiger partial charge in [0.05, 0.1) is 5.02 Å². The molecule has 1 spiro atoms. The molecule has 0 heterocycles. The first-order valence-corrected chi connectivity index (χ1v) is 7.76. The van der Waals surface area contributed by atoms with Crippen molar-refractivity contribution in [1.82, 2.24) is 0 Å². The first-order chi connectivity index (χ1) is 9.17. The molecule has 0 aliphatic heterocycles. The highest BCUT2D eigenvalue weighted by Gasteiger charge is 2.37. The van der Waals surface area contributed by atoms with Crippen molar-refractivity contribution in [2.75, 3.05) is 5.32 Å². The molecule has 3 heteroatoms. The van der Waals surface area contributed by atoms with Crippen LogP contribution in [0.4, 0.5) is 10.1 Å². The molecular formula is C16H21ClFN. The Labute approximate surface area is 119 Å². The lowest BCUT2D eigenvalue weighted by Crippen LogP contribution is -2.31. The highest BCUT2D eigenvalue weighted by molar-refractivity contribution is 6.31.